The highest BCUT2D eigenvalue weighted by Gasteiger charge is 2.25. The van der Waals surface area contributed by atoms with Gasteiger partial charge in [-0.15, -0.1) is 16.4 Å². The van der Waals surface area contributed by atoms with E-state index in [-0.39, 0.29) is 5.91 Å². The molecule has 1 aliphatic heterocycles. The molecule has 0 N–H and O–H groups in total. The van der Waals surface area contributed by atoms with Crippen LogP contribution in [-0.4, -0.2) is 52.2 Å². The number of rotatable bonds is 2. The summed E-state index contributed by atoms with van der Waals surface area (Å²) in [5, 5.41) is 9.24. The van der Waals surface area contributed by atoms with Crippen molar-refractivity contribution in [3.05, 3.63) is 33.4 Å². The maximum absolute atomic E-state index is 12.6. The van der Waals surface area contributed by atoms with E-state index in [9.17, 15) is 4.79 Å². The Bertz CT molecular complexity index is 674. The van der Waals surface area contributed by atoms with Gasteiger partial charge in [0, 0.05) is 26.2 Å². The average molecular weight is 317 g/mol. The Labute approximate surface area is 133 Å². The first kappa shape index (κ1) is 14.9. The zero-order valence-corrected chi connectivity index (χ0v) is 13.9. The van der Waals surface area contributed by atoms with Crippen molar-refractivity contribution >= 4 is 23.1 Å². The Morgan fingerprint density at radius 1 is 1.09 bits per heavy atom. The number of piperazine rings is 1. The monoisotopic (exact) mass is 317 g/mol. The van der Waals surface area contributed by atoms with Gasteiger partial charge in [0.15, 0.2) is 5.82 Å². The lowest BCUT2D eigenvalue weighted by atomic mass is 10.2. The van der Waals surface area contributed by atoms with E-state index < -0.39 is 0 Å². The standard InChI is InChI=1S/C15H19N5OS/c1-10-4-5-13(18-17-10)19-6-8-20(9-7-19)15(21)14-11(2)16-12(3)22-14/h4-5H,6-9H2,1-3H3. The molecule has 0 atom stereocenters. The molecule has 1 amide bonds. The van der Waals surface area contributed by atoms with Crippen LogP contribution in [0.4, 0.5) is 5.82 Å². The Kier molecular flexibility index (Phi) is 4.06. The van der Waals surface area contributed by atoms with Gasteiger partial charge in [0.1, 0.15) is 4.88 Å². The number of hydrogen-bond acceptors (Lipinski definition) is 6. The van der Waals surface area contributed by atoms with Gasteiger partial charge in [-0.2, -0.15) is 5.10 Å². The van der Waals surface area contributed by atoms with E-state index in [0.717, 1.165) is 40.2 Å². The third-order valence-corrected chi connectivity index (χ3v) is 4.83. The summed E-state index contributed by atoms with van der Waals surface area (Å²) in [6.07, 6.45) is 0. The quantitative estimate of drug-likeness (QED) is 0.845. The third kappa shape index (κ3) is 2.94. The van der Waals surface area contributed by atoms with Crippen LogP contribution in [0.2, 0.25) is 0 Å². The number of aromatic nitrogens is 3. The minimum Gasteiger partial charge on any atom is -0.352 e. The number of carbonyl (C=O) groups is 1. The predicted molar refractivity (Wildman–Crippen MR) is 86.5 cm³/mol. The molecule has 1 fully saturated rings. The van der Waals surface area contributed by atoms with Gasteiger partial charge in [-0.3, -0.25) is 4.79 Å². The van der Waals surface area contributed by atoms with Gasteiger partial charge in [0.25, 0.3) is 5.91 Å². The lowest BCUT2D eigenvalue weighted by Crippen LogP contribution is -2.49. The molecule has 1 saturated heterocycles. The summed E-state index contributed by atoms with van der Waals surface area (Å²) in [5.41, 5.74) is 1.74. The van der Waals surface area contributed by atoms with Crippen LogP contribution >= 0.6 is 11.3 Å². The van der Waals surface area contributed by atoms with E-state index in [0.29, 0.717) is 13.1 Å². The minimum atomic E-state index is 0.0951. The van der Waals surface area contributed by atoms with Crippen LogP contribution in [-0.2, 0) is 0 Å². The molecule has 0 radical (unpaired) electrons. The van der Waals surface area contributed by atoms with Crippen molar-refractivity contribution in [1.29, 1.82) is 0 Å². The number of anilines is 1. The van der Waals surface area contributed by atoms with E-state index in [2.05, 4.69) is 20.1 Å². The molecule has 2 aromatic heterocycles. The van der Waals surface area contributed by atoms with E-state index in [1.807, 2.05) is 37.8 Å². The Morgan fingerprint density at radius 2 is 1.82 bits per heavy atom. The molecule has 0 unspecified atom stereocenters. The number of aryl methyl sites for hydroxylation is 3. The first-order chi connectivity index (χ1) is 10.5. The lowest BCUT2D eigenvalue weighted by Gasteiger charge is -2.35. The van der Waals surface area contributed by atoms with Crippen LogP contribution in [0, 0.1) is 20.8 Å². The van der Waals surface area contributed by atoms with E-state index >= 15 is 0 Å². The summed E-state index contributed by atoms with van der Waals surface area (Å²) in [7, 11) is 0. The molecule has 2 aromatic rings. The Balaban J connectivity index is 1.65. The van der Waals surface area contributed by atoms with Crippen LogP contribution in [0.3, 0.4) is 0 Å². The molecular formula is C15H19N5OS. The van der Waals surface area contributed by atoms with Gasteiger partial charge in [-0.25, -0.2) is 4.98 Å². The number of amides is 1. The molecule has 3 rings (SSSR count). The van der Waals surface area contributed by atoms with Crippen molar-refractivity contribution in [2.75, 3.05) is 31.1 Å². The first-order valence-corrected chi connectivity index (χ1v) is 8.15. The van der Waals surface area contributed by atoms with Crippen molar-refractivity contribution in [1.82, 2.24) is 20.1 Å². The second kappa shape index (κ2) is 6.00. The molecule has 0 saturated carbocycles. The fraction of sp³-hybridized carbons (Fsp3) is 0.467. The summed E-state index contributed by atoms with van der Waals surface area (Å²) in [6, 6.07) is 3.94. The van der Waals surface area contributed by atoms with Crippen LogP contribution in [0.1, 0.15) is 26.1 Å². The topological polar surface area (TPSA) is 62.2 Å². The fourth-order valence-corrected chi connectivity index (χ4v) is 3.46. The van der Waals surface area contributed by atoms with Crippen molar-refractivity contribution in [2.45, 2.75) is 20.8 Å². The molecule has 0 bridgehead atoms. The van der Waals surface area contributed by atoms with E-state index in [1.165, 1.54) is 11.3 Å². The molecule has 0 spiro atoms. The average Bonchev–Trinajstić information content (AvgIpc) is 2.86. The molecular weight excluding hydrogens is 298 g/mol. The van der Waals surface area contributed by atoms with Crippen molar-refractivity contribution < 1.29 is 4.79 Å². The summed E-state index contributed by atoms with van der Waals surface area (Å²) in [4.78, 5) is 21.7. The molecule has 0 aromatic carbocycles. The van der Waals surface area contributed by atoms with Crippen LogP contribution in [0.5, 0.6) is 0 Å². The fourth-order valence-electron chi connectivity index (χ4n) is 2.57. The van der Waals surface area contributed by atoms with Gasteiger partial charge >= 0.3 is 0 Å². The molecule has 3 heterocycles. The largest absolute Gasteiger partial charge is 0.352 e. The highest BCUT2D eigenvalue weighted by Crippen LogP contribution is 2.21. The number of thiazole rings is 1. The van der Waals surface area contributed by atoms with Crippen LogP contribution in [0.25, 0.3) is 0 Å². The zero-order valence-electron chi connectivity index (χ0n) is 13.0. The molecule has 0 aliphatic carbocycles. The Hall–Kier alpha value is -2.02. The van der Waals surface area contributed by atoms with Gasteiger partial charge in [-0.05, 0) is 32.9 Å². The predicted octanol–water partition coefficient (Wildman–Crippen LogP) is 1.82. The van der Waals surface area contributed by atoms with Gasteiger partial charge in [0.05, 0.1) is 16.4 Å². The lowest BCUT2D eigenvalue weighted by molar-refractivity contribution is 0.0750. The highest BCUT2D eigenvalue weighted by atomic mass is 32.1. The van der Waals surface area contributed by atoms with Gasteiger partial charge in [0.2, 0.25) is 0 Å². The SMILES string of the molecule is Cc1ccc(N2CCN(C(=O)c3sc(C)nc3C)CC2)nn1. The minimum absolute atomic E-state index is 0.0951. The van der Waals surface area contributed by atoms with Crippen LogP contribution in [0.15, 0.2) is 12.1 Å². The Morgan fingerprint density at radius 3 is 2.36 bits per heavy atom. The van der Waals surface area contributed by atoms with Gasteiger partial charge < -0.3 is 9.80 Å². The molecule has 22 heavy (non-hydrogen) atoms. The maximum atomic E-state index is 12.6. The zero-order chi connectivity index (χ0) is 15.7. The molecule has 6 nitrogen and oxygen atoms in total. The summed E-state index contributed by atoms with van der Waals surface area (Å²) >= 11 is 1.48. The second-order valence-electron chi connectivity index (χ2n) is 5.46. The highest BCUT2D eigenvalue weighted by molar-refractivity contribution is 7.13. The van der Waals surface area contributed by atoms with Gasteiger partial charge in [-0.1, -0.05) is 0 Å². The molecule has 1 aliphatic rings. The van der Waals surface area contributed by atoms with Crippen molar-refractivity contribution in [3.63, 3.8) is 0 Å². The number of hydrogen-bond donors (Lipinski definition) is 0. The summed E-state index contributed by atoms with van der Waals surface area (Å²) in [5.74, 6) is 0.972. The summed E-state index contributed by atoms with van der Waals surface area (Å²) < 4.78 is 0. The maximum Gasteiger partial charge on any atom is 0.265 e. The van der Waals surface area contributed by atoms with Crippen molar-refractivity contribution in [3.8, 4) is 0 Å². The van der Waals surface area contributed by atoms with E-state index in [1.54, 1.807) is 0 Å². The van der Waals surface area contributed by atoms with Crippen molar-refractivity contribution in [2.24, 2.45) is 0 Å². The third-order valence-electron chi connectivity index (χ3n) is 3.77. The van der Waals surface area contributed by atoms with E-state index in [4.69, 9.17) is 0 Å². The molecule has 7 heteroatoms. The summed E-state index contributed by atoms with van der Waals surface area (Å²) in [6.45, 7) is 8.71. The smallest absolute Gasteiger partial charge is 0.265 e. The first-order valence-electron chi connectivity index (χ1n) is 7.33. The number of carbonyl (C=O) groups excluding carboxylic acids is 1. The number of nitrogens with zero attached hydrogens (tertiary/aromatic N) is 5. The van der Waals surface area contributed by atoms with Crippen LogP contribution < -0.4 is 4.90 Å². The normalized spacial score (nSPS) is 15.2. The second-order valence-corrected chi connectivity index (χ2v) is 6.66. The molecule has 116 valence electrons.